The number of oxazole rings is 1. The second-order valence-electron chi connectivity index (χ2n) is 5.88. The predicted molar refractivity (Wildman–Crippen MR) is 93.3 cm³/mol. The average molecular weight is 338 g/mol. The Morgan fingerprint density at radius 3 is 2.56 bits per heavy atom. The van der Waals surface area contributed by atoms with Gasteiger partial charge in [0.15, 0.2) is 0 Å². The summed E-state index contributed by atoms with van der Waals surface area (Å²) in [5, 5.41) is 2.80. The topological polar surface area (TPSA) is 55.1 Å². The smallest absolute Gasteiger partial charge is 0.226 e. The van der Waals surface area contributed by atoms with Gasteiger partial charge in [-0.2, -0.15) is 0 Å². The number of rotatable bonds is 5. The number of hydrogen-bond acceptors (Lipinski definition) is 3. The van der Waals surface area contributed by atoms with Crippen LogP contribution in [0.5, 0.6) is 0 Å². The van der Waals surface area contributed by atoms with Crippen LogP contribution in [0.2, 0.25) is 0 Å². The molecule has 1 aromatic heterocycles. The molecule has 0 saturated heterocycles. The molecule has 1 N–H and O–H groups in total. The van der Waals surface area contributed by atoms with Crippen molar-refractivity contribution in [3.05, 3.63) is 77.4 Å². The van der Waals surface area contributed by atoms with Crippen molar-refractivity contribution in [3.63, 3.8) is 0 Å². The molecule has 1 atom stereocenters. The van der Waals surface area contributed by atoms with Gasteiger partial charge >= 0.3 is 0 Å². The fraction of sp³-hybridized carbons (Fsp3) is 0.200. The normalized spacial score (nSPS) is 12.0. The van der Waals surface area contributed by atoms with Crippen LogP contribution < -0.4 is 5.32 Å². The van der Waals surface area contributed by atoms with Crippen LogP contribution in [-0.2, 0) is 11.2 Å². The van der Waals surface area contributed by atoms with E-state index < -0.39 is 6.04 Å². The quantitative estimate of drug-likeness (QED) is 0.758. The van der Waals surface area contributed by atoms with Crippen molar-refractivity contribution in [3.8, 4) is 11.5 Å². The molecular formula is C20H19FN2O2. The van der Waals surface area contributed by atoms with E-state index in [-0.39, 0.29) is 18.1 Å². The van der Waals surface area contributed by atoms with Gasteiger partial charge in [-0.05, 0) is 32.0 Å². The molecule has 25 heavy (non-hydrogen) atoms. The Balaban J connectivity index is 1.69. The van der Waals surface area contributed by atoms with Gasteiger partial charge in [0.1, 0.15) is 11.6 Å². The van der Waals surface area contributed by atoms with Gasteiger partial charge in [-0.15, -0.1) is 0 Å². The fourth-order valence-electron chi connectivity index (χ4n) is 2.64. The Bertz CT molecular complexity index is 874. The molecule has 2 aromatic carbocycles. The minimum absolute atomic E-state index is 0.0843. The number of aryl methyl sites for hydroxylation is 1. The Hall–Kier alpha value is -2.95. The van der Waals surface area contributed by atoms with Crippen molar-refractivity contribution < 1.29 is 13.6 Å². The highest BCUT2D eigenvalue weighted by Gasteiger charge is 2.17. The van der Waals surface area contributed by atoms with Gasteiger partial charge in [0.25, 0.3) is 0 Å². The standard InChI is InChI=1S/C20H19FN2O2/c1-13(16-10-6-7-11-17(16)21)22-19(24)12-18-14(2)25-20(23-18)15-8-4-3-5-9-15/h3-11,13H,12H2,1-2H3,(H,22,24). The monoisotopic (exact) mass is 338 g/mol. The van der Waals surface area contributed by atoms with Crippen LogP contribution in [0.25, 0.3) is 11.5 Å². The highest BCUT2D eigenvalue weighted by Crippen LogP contribution is 2.22. The summed E-state index contributed by atoms with van der Waals surface area (Å²) in [5.41, 5.74) is 1.90. The third kappa shape index (κ3) is 3.94. The first-order valence-corrected chi connectivity index (χ1v) is 8.10. The van der Waals surface area contributed by atoms with Gasteiger partial charge in [-0.1, -0.05) is 36.4 Å². The number of halogens is 1. The summed E-state index contributed by atoms with van der Waals surface area (Å²) in [5.74, 6) is 0.529. The Morgan fingerprint density at radius 2 is 1.84 bits per heavy atom. The van der Waals surface area contributed by atoms with E-state index in [2.05, 4.69) is 10.3 Å². The first-order chi connectivity index (χ1) is 12.0. The zero-order chi connectivity index (χ0) is 17.8. The predicted octanol–water partition coefficient (Wildman–Crippen LogP) is 4.21. The number of carbonyl (C=O) groups excluding carboxylic acids is 1. The molecule has 1 heterocycles. The average Bonchev–Trinajstić information content (AvgIpc) is 2.96. The van der Waals surface area contributed by atoms with Crippen LogP contribution >= 0.6 is 0 Å². The van der Waals surface area contributed by atoms with Gasteiger partial charge in [-0.3, -0.25) is 4.79 Å². The molecule has 0 bridgehead atoms. The van der Waals surface area contributed by atoms with Gasteiger partial charge in [0.05, 0.1) is 18.2 Å². The molecule has 4 nitrogen and oxygen atoms in total. The summed E-state index contributed by atoms with van der Waals surface area (Å²) in [6.45, 7) is 3.53. The van der Waals surface area contributed by atoms with Crippen LogP contribution in [0, 0.1) is 12.7 Å². The van der Waals surface area contributed by atoms with E-state index in [0.717, 1.165) is 5.56 Å². The maximum Gasteiger partial charge on any atom is 0.226 e. The molecule has 3 aromatic rings. The molecular weight excluding hydrogens is 319 g/mol. The number of nitrogens with zero attached hydrogens (tertiary/aromatic N) is 1. The first-order valence-electron chi connectivity index (χ1n) is 8.10. The largest absolute Gasteiger partial charge is 0.441 e. The van der Waals surface area contributed by atoms with Gasteiger partial charge in [0.2, 0.25) is 11.8 Å². The van der Waals surface area contributed by atoms with Crippen LogP contribution in [0.1, 0.15) is 30.0 Å². The van der Waals surface area contributed by atoms with E-state index >= 15 is 0 Å². The van der Waals surface area contributed by atoms with E-state index in [0.29, 0.717) is 22.9 Å². The molecule has 5 heteroatoms. The lowest BCUT2D eigenvalue weighted by Crippen LogP contribution is -2.28. The zero-order valence-electron chi connectivity index (χ0n) is 14.1. The Morgan fingerprint density at radius 1 is 1.16 bits per heavy atom. The second-order valence-corrected chi connectivity index (χ2v) is 5.88. The van der Waals surface area contributed by atoms with E-state index in [1.54, 1.807) is 32.0 Å². The lowest BCUT2D eigenvalue weighted by molar-refractivity contribution is -0.121. The van der Waals surface area contributed by atoms with E-state index in [1.807, 2.05) is 30.3 Å². The second kappa shape index (κ2) is 7.30. The van der Waals surface area contributed by atoms with Gasteiger partial charge in [-0.25, -0.2) is 9.37 Å². The lowest BCUT2D eigenvalue weighted by Gasteiger charge is -2.14. The van der Waals surface area contributed by atoms with Crippen LogP contribution in [0.15, 0.2) is 59.0 Å². The van der Waals surface area contributed by atoms with Crippen molar-refractivity contribution >= 4 is 5.91 Å². The van der Waals surface area contributed by atoms with Gasteiger partial charge in [0, 0.05) is 11.1 Å². The highest BCUT2D eigenvalue weighted by atomic mass is 19.1. The summed E-state index contributed by atoms with van der Waals surface area (Å²) >= 11 is 0. The third-order valence-corrected chi connectivity index (χ3v) is 3.99. The van der Waals surface area contributed by atoms with Crippen molar-refractivity contribution in [2.75, 3.05) is 0 Å². The van der Waals surface area contributed by atoms with Crippen LogP contribution in [0.3, 0.4) is 0 Å². The van der Waals surface area contributed by atoms with Crippen molar-refractivity contribution in [2.45, 2.75) is 26.3 Å². The third-order valence-electron chi connectivity index (χ3n) is 3.99. The number of amides is 1. The van der Waals surface area contributed by atoms with E-state index in [4.69, 9.17) is 4.42 Å². The molecule has 128 valence electrons. The summed E-state index contributed by atoms with van der Waals surface area (Å²) < 4.78 is 19.5. The number of carbonyl (C=O) groups is 1. The van der Waals surface area contributed by atoms with E-state index in [1.165, 1.54) is 6.07 Å². The number of benzene rings is 2. The SMILES string of the molecule is Cc1oc(-c2ccccc2)nc1CC(=O)NC(C)c1ccccc1F. The molecule has 0 spiro atoms. The summed E-state index contributed by atoms with van der Waals surface area (Å²) in [4.78, 5) is 16.7. The van der Waals surface area contributed by atoms with Crippen molar-refractivity contribution in [2.24, 2.45) is 0 Å². The molecule has 0 radical (unpaired) electrons. The minimum Gasteiger partial charge on any atom is -0.441 e. The Kier molecular flexibility index (Phi) is 4.93. The number of hydrogen-bond donors (Lipinski definition) is 1. The van der Waals surface area contributed by atoms with Gasteiger partial charge < -0.3 is 9.73 Å². The van der Waals surface area contributed by atoms with Crippen molar-refractivity contribution in [1.29, 1.82) is 0 Å². The summed E-state index contributed by atoms with van der Waals surface area (Å²) in [6, 6.07) is 15.5. The maximum absolute atomic E-state index is 13.8. The molecule has 0 aliphatic heterocycles. The minimum atomic E-state index is -0.422. The number of aromatic nitrogens is 1. The molecule has 0 aliphatic rings. The molecule has 0 fully saturated rings. The summed E-state index contributed by atoms with van der Waals surface area (Å²) in [6.07, 6.45) is 0.0843. The van der Waals surface area contributed by atoms with Crippen LogP contribution in [0.4, 0.5) is 4.39 Å². The van der Waals surface area contributed by atoms with Crippen LogP contribution in [-0.4, -0.2) is 10.9 Å². The molecule has 1 amide bonds. The zero-order valence-corrected chi connectivity index (χ0v) is 14.1. The fourth-order valence-corrected chi connectivity index (χ4v) is 2.64. The Labute approximate surface area is 145 Å². The molecule has 1 unspecified atom stereocenters. The van der Waals surface area contributed by atoms with Crippen molar-refractivity contribution in [1.82, 2.24) is 10.3 Å². The molecule has 3 rings (SSSR count). The first kappa shape index (κ1) is 16.9. The maximum atomic E-state index is 13.8. The molecule has 0 aliphatic carbocycles. The summed E-state index contributed by atoms with van der Waals surface area (Å²) in [7, 11) is 0. The molecule has 0 saturated carbocycles. The lowest BCUT2D eigenvalue weighted by atomic mass is 10.1. The highest BCUT2D eigenvalue weighted by molar-refractivity contribution is 5.79. The number of nitrogens with one attached hydrogen (secondary N) is 1. The van der Waals surface area contributed by atoms with E-state index in [9.17, 15) is 9.18 Å².